The third-order valence-corrected chi connectivity index (χ3v) is 7.07. The summed E-state index contributed by atoms with van der Waals surface area (Å²) in [5.41, 5.74) is 3.43. The van der Waals surface area contributed by atoms with E-state index in [2.05, 4.69) is 40.0 Å². The van der Waals surface area contributed by atoms with Crippen molar-refractivity contribution < 1.29 is 9.53 Å². The quantitative estimate of drug-likeness (QED) is 0.411. The van der Waals surface area contributed by atoms with Crippen molar-refractivity contribution in [1.82, 2.24) is 14.8 Å². The number of fused-ring (bicyclic) bond motifs is 1. The molecule has 2 heterocycles. The molecule has 188 valence electrons. The normalized spacial score (nSPS) is 14.7. The van der Waals surface area contributed by atoms with Crippen LogP contribution in [0.4, 0.5) is 5.69 Å². The second kappa shape index (κ2) is 11.7. The molecule has 4 rings (SSSR count). The van der Waals surface area contributed by atoms with Gasteiger partial charge in [0.05, 0.1) is 40.5 Å². The Morgan fingerprint density at radius 1 is 1.19 bits per heavy atom. The lowest BCUT2D eigenvalue weighted by Gasteiger charge is -2.36. The number of nitrogens with zero attached hydrogens (tertiary/aromatic N) is 4. The zero-order valence-corrected chi connectivity index (χ0v) is 21.8. The molecule has 0 radical (unpaired) electrons. The van der Waals surface area contributed by atoms with E-state index in [-0.39, 0.29) is 5.78 Å². The maximum absolute atomic E-state index is 13.4. The van der Waals surface area contributed by atoms with Gasteiger partial charge in [0, 0.05) is 63.3 Å². The predicted molar refractivity (Wildman–Crippen MR) is 144 cm³/mol. The molecule has 1 saturated heterocycles. The molecule has 2 aromatic carbocycles. The van der Waals surface area contributed by atoms with Gasteiger partial charge in [0.1, 0.15) is 5.75 Å². The lowest BCUT2D eigenvalue weighted by Crippen LogP contribution is -2.49. The van der Waals surface area contributed by atoms with Crippen molar-refractivity contribution in [3.8, 4) is 11.8 Å². The number of hydrogen-bond donors (Lipinski definition) is 1. The number of carbonyl (C=O) groups is 1. The minimum atomic E-state index is 0.0355. The summed E-state index contributed by atoms with van der Waals surface area (Å²) < 4.78 is 5.25. The first-order valence-electron chi connectivity index (χ1n) is 12.3. The summed E-state index contributed by atoms with van der Waals surface area (Å²) in [6.45, 7) is 9.60. The van der Waals surface area contributed by atoms with Crippen LogP contribution in [0.15, 0.2) is 42.6 Å². The van der Waals surface area contributed by atoms with Gasteiger partial charge in [0.25, 0.3) is 0 Å². The third-order valence-electron chi connectivity index (χ3n) is 6.78. The van der Waals surface area contributed by atoms with Crippen molar-refractivity contribution in [2.75, 3.05) is 45.2 Å². The fourth-order valence-corrected chi connectivity index (χ4v) is 4.85. The van der Waals surface area contributed by atoms with Gasteiger partial charge in [0.15, 0.2) is 5.78 Å². The second-order valence-corrected chi connectivity index (χ2v) is 9.76. The highest BCUT2D eigenvalue weighted by Crippen LogP contribution is 2.30. The Bertz CT molecular complexity index is 1280. The first kappa shape index (κ1) is 25.9. The zero-order valence-electron chi connectivity index (χ0n) is 21.1. The highest BCUT2D eigenvalue weighted by molar-refractivity contribution is 6.32. The van der Waals surface area contributed by atoms with Crippen LogP contribution in [0.2, 0.25) is 5.02 Å². The minimum Gasteiger partial charge on any atom is -0.495 e. The largest absolute Gasteiger partial charge is 0.495 e. The highest BCUT2D eigenvalue weighted by Gasteiger charge is 2.21. The zero-order chi connectivity index (χ0) is 25.7. The number of methoxy groups -OCH3 is 1. The van der Waals surface area contributed by atoms with Crippen LogP contribution in [0.1, 0.15) is 41.8 Å². The van der Waals surface area contributed by atoms with Crippen molar-refractivity contribution >= 4 is 34.0 Å². The van der Waals surface area contributed by atoms with Crippen LogP contribution in [0.3, 0.4) is 0 Å². The van der Waals surface area contributed by atoms with E-state index >= 15 is 0 Å². The number of hydrogen-bond acceptors (Lipinski definition) is 7. The molecule has 1 aliphatic rings. The Hall–Kier alpha value is -3.18. The monoisotopic (exact) mass is 505 g/mol. The van der Waals surface area contributed by atoms with Crippen molar-refractivity contribution in [3.05, 3.63) is 64.3 Å². The smallest absolute Gasteiger partial charge is 0.167 e. The Kier molecular flexibility index (Phi) is 8.42. The Balaban J connectivity index is 1.55. The molecule has 0 amide bonds. The topological polar surface area (TPSA) is 81.5 Å². The van der Waals surface area contributed by atoms with E-state index in [0.29, 0.717) is 53.1 Å². The summed E-state index contributed by atoms with van der Waals surface area (Å²) >= 11 is 6.31. The molecule has 1 N–H and O–H groups in total. The molecule has 0 unspecified atom stereocenters. The van der Waals surface area contributed by atoms with Crippen molar-refractivity contribution in [1.29, 1.82) is 5.26 Å². The molecule has 0 bridgehead atoms. The number of aromatic nitrogens is 1. The molecule has 0 spiro atoms. The molecule has 1 aliphatic heterocycles. The summed E-state index contributed by atoms with van der Waals surface area (Å²) in [4.78, 5) is 22.8. The number of nitrogens with one attached hydrogen (secondary N) is 1. The third kappa shape index (κ3) is 5.96. The molecule has 7 nitrogen and oxygen atoms in total. The lowest BCUT2D eigenvalue weighted by molar-refractivity contribution is 0.0891. The molecule has 0 aliphatic carbocycles. The van der Waals surface area contributed by atoms with Crippen LogP contribution in [0.5, 0.6) is 5.75 Å². The van der Waals surface area contributed by atoms with Gasteiger partial charge < -0.3 is 15.0 Å². The van der Waals surface area contributed by atoms with E-state index in [1.807, 2.05) is 24.3 Å². The summed E-state index contributed by atoms with van der Waals surface area (Å²) in [5, 5.41) is 14.2. The van der Waals surface area contributed by atoms with Gasteiger partial charge in [-0.15, -0.1) is 0 Å². The number of halogens is 1. The minimum absolute atomic E-state index is 0.0355. The average Bonchev–Trinajstić information content (AvgIpc) is 2.90. The molecular formula is C28H32ClN5O2. The summed E-state index contributed by atoms with van der Waals surface area (Å²) in [5.74, 6) is 0.645. The fraction of sp³-hybridized carbons (Fsp3) is 0.393. The predicted octanol–water partition coefficient (Wildman–Crippen LogP) is 4.98. The van der Waals surface area contributed by atoms with Gasteiger partial charge in [-0.05, 0) is 49.7 Å². The van der Waals surface area contributed by atoms with Gasteiger partial charge in [-0.1, -0.05) is 17.7 Å². The number of rotatable bonds is 9. The number of pyridine rings is 1. The van der Waals surface area contributed by atoms with Crippen molar-refractivity contribution in [2.45, 2.75) is 32.9 Å². The van der Waals surface area contributed by atoms with E-state index in [4.69, 9.17) is 16.3 Å². The van der Waals surface area contributed by atoms with E-state index < -0.39 is 0 Å². The Labute approximate surface area is 217 Å². The average molecular weight is 506 g/mol. The number of nitriles is 1. The maximum Gasteiger partial charge on any atom is 0.167 e. The number of carbonyl (C=O) groups excluding carboxylic acids is 1. The van der Waals surface area contributed by atoms with Crippen LogP contribution in [0, 0.1) is 11.3 Å². The standard InChI is InChI=1S/C28H32ClN5O2/c1-19(2)34-12-10-33(11-13-34)9-8-26(35)23-18-31-25-6-4-20(16-30)14-22(25)28(23)32-17-21-5-7-27(36-3)24(29)15-21/h4-7,14-15,18-19H,8-13,17H2,1-3H3,(H,31,32). The number of ether oxygens (including phenoxy) is 1. The number of anilines is 1. The number of ketones is 1. The SMILES string of the molecule is COc1ccc(CNc2c(C(=O)CCN3CCN(C(C)C)CC3)cnc3ccc(C#N)cc23)cc1Cl. The van der Waals surface area contributed by atoms with Crippen LogP contribution < -0.4 is 10.1 Å². The van der Waals surface area contributed by atoms with Gasteiger partial charge >= 0.3 is 0 Å². The number of Topliss-reactive ketones (excluding diaryl/α,β-unsaturated/α-hetero) is 1. The molecule has 0 atom stereocenters. The van der Waals surface area contributed by atoms with Crippen LogP contribution >= 0.6 is 11.6 Å². The van der Waals surface area contributed by atoms with Crippen molar-refractivity contribution in [3.63, 3.8) is 0 Å². The highest BCUT2D eigenvalue weighted by atomic mass is 35.5. The molecule has 8 heteroatoms. The Morgan fingerprint density at radius 2 is 1.97 bits per heavy atom. The summed E-state index contributed by atoms with van der Waals surface area (Å²) in [6.07, 6.45) is 2.06. The van der Waals surface area contributed by atoms with Crippen LogP contribution in [0.25, 0.3) is 10.9 Å². The van der Waals surface area contributed by atoms with E-state index in [1.54, 1.807) is 25.4 Å². The fourth-order valence-electron chi connectivity index (χ4n) is 4.57. The van der Waals surface area contributed by atoms with E-state index in [1.165, 1.54) is 0 Å². The molecule has 3 aromatic rings. The molecule has 0 saturated carbocycles. The van der Waals surface area contributed by atoms with Crippen LogP contribution in [-0.2, 0) is 6.54 Å². The van der Waals surface area contributed by atoms with Gasteiger partial charge in [-0.2, -0.15) is 5.26 Å². The molecular weight excluding hydrogens is 474 g/mol. The van der Waals surface area contributed by atoms with Gasteiger partial charge in [0.2, 0.25) is 0 Å². The first-order valence-corrected chi connectivity index (χ1v) is 12.7. The van der Waals surface area contributed by atoms with Crippen molar-refractivity contribution in [2.24, 2.45) is 0 Å². The Morgan fingerprint density at radius 3 is 2.64 bits per heavy atom. The molecule has 1 aromatic heterocycles. The maximum atomic E-state index is 13.4. The second-order valence-electron chi connectivity index (χ2n) is 9.36. The van der Waals surface area contributed by atoms with E-state index in [9.17, 15) is 10.1 Å². The van der Waals surface area contributed by atoms with Gasteiger partial charge in [-0.3, -0.25) is 14.7 Å². The summed E-state index contributed by atoms with van der Waals surface area (Å²) in [7, 11) is 1.58. The summed E-state index contributed by atoms with van der Waals surface area (Å²) in [6, 6.07) is 13.7. The number of benzene rings is 2. The van der Waals surface area contributed by atoms with Crippen LogP contribution in [-0.4, -0.2) is 66.4 Å². The molecule has 1 fully saturated rings. The molecule has 36 heavy (non-hydrogen) atoms. The number of piperazine rings is 1. The first-order chi connectivity index (χ1) is 17.4. The lowest BCUT2D eigenvalue weighted by atomic mass is 10.0. The van der Waals surface area contributed by atoms with Gasteiger partial charge in [-0.25, -0.2) is 0 Å². The van der Waals surface area contributed by atoms with E-state index in [0.717, 1.165) is 42.6 Å².